The molecule has 1 saturated heterocycles. The zero-order valence-electron chi connectivity index (χ0n) is 24.3. The molecule has 8 nitrogen and oxygen atoms in total. The van der Waals surface area contributed by atoms with Crippen LogP contribution in [0.2, 0.25) is 0 Å². The first-order chi connectivity index (χ1) is 20.1. The average molecular weight is 560 g/mol. The Labute approximate surface area is 242 Å². The van der Waals surface area contributed by atoms with Crippen molar-refractivity contribution in [3.05, 3.63) is 88.3 Å². The molecular weight excluding hydrogens is 518 g/mol. The minimum Gasteiger partial charge on any atom is -0.490 e. The quantitative estimate of drug-likeness (QED) is 0.208. The van der Waals surface area contributed by atoms with Crippen molar-refractivity contribution >= 4 is 5.69 Å². The lowest BCUT2D eigenvalue weighted by Gasteiger charge is -2.36. The minimum atomic E-state index is -0.419. The Kier molecular flexibility index (Phi) is 9.88. The molecule has 0 bridgehead atoms. The van der Waals surface area contributed by atoms with Crippen molar-refractivity contribution in [2.24, 2.45) is 5.18 Å². The molecule has 0 saturated carbocycles. The van der Waals surface area contributed by atoms with Gasteiger partial charge in [-0.3, -0.25) is 0 Å². The first-order valence-corrected chi connectivity index (χ1v) is 14.6. The van der Waals surface area contributed by atoms with E-state index in [2.05, 4.69) is 53.5 Å². The standard InChI is InChI=1S/C33H41N3O5/c1-23(2)25-6-10-27(11-7-25)41-28-12-8-26(9-13-28)33-29(35-37)20-34-21-32(33)40-22-24-5-14-31-30(19-24)36(16-18-39-31)15-4-17-38-3/h5-14,19,23,29,32-34H,4,15-18,20-22H2,1-3H3/t29-,32+,33+/m1/s1. The first-order valence-electron chi connectivity index (χ1n) is 14.6. The van der Waals surface area contributed by atoms with E-state index < -0.39 is 6.04 Å². The summed E-state index contributed by atoms with van der Waals surface area (Å²) in [5, 5.41) is 6.80. The molecular formula is C33H41N3O5. The number of nitrogens with one attached hydrogen (secondary N) is 1. The lowest BCUT2D eigenvalue weighted by atomic mass is 9.84. The highest BCUT2D eigenvalue weighted by Gasteiger charge is 2.36. The molecule has 0 aliphatic carbocycles. The Hall–Kier alpha value is -3.46. The molecule has 0 aromatic heterocycles. The van der Waals surface area contributed by atoms with Crippen LogP contribution >= 0.6 is 0 Å². The van der Waals surface area contributed by atoms with E-state index in [-0.39, 0.29) is 12.0 Å². The summed E-state index contributed by atoms with van der Waals surface area (Å²) in [7, 11) is 1.73. The highest BCUT2D eigenvalue weighted by atomic mass is 16.5. The molecule has 5 rings (SSSR count). The number of fused-ring (bicyclic) bond motifs is 1. The molecule has 41 heavy (non-hydrogen) atoms. The molecule has 2 heterocycles. The van der Waals surface area contributed by atoms with Crippen molar-refractivity contribution in [2.45, 2.75) is 50.9 Å². The van der Waals surface area contributed by atoms with Gasteiger partial charge < -0.3 is 29.2 Å². The fourth-order valence-corrected chi connectivity index (χ4v) is 5.64. The van der Waals surface area contributed by atoms with E-state index in [0.717, 1.165) is 60.2 Å². The Morgan fingerprint density at radius 3 is 2.49 bits per heavy atom. The van der Waals surface area contributed by atoms with Crippen LogP contribution in [0.5, 0.6) is 17.2 Å². The predicted molar refractivity (Wildman–Crippen MR) is 161 cm³/mol. The van der Waals surface area contributed by atoms with Gasteiger partial charge >= 0.3 is 0 Å². The van der Waals surface area contributed by atoms with E-state index in [1.165, 1.54) is 5.56 Å². The smallest absolute Gasteiger partial charge is 0.142 e. The summed E-state index contributed by atoms with van der Waals surface area (Å²) in [4.78, 5) is 14.2. The zero-order chi connectivity index (χ0) is 28.6. The van der Waals surface area contributed by atoms with Crippen LogP contribution in [0.25, 0.3) is 0 Å². The fraction of sp³-hybridized carbons (Fsp3) is 0.455. The third kappa shape index (κ3) is 7.25. The van der Waals surface area contributed by atoms with E-state index in [4.69, 9.17) is 18.9 Å². The Balaban J connectivity index is 1.26. The minimum absolute atomic E-state index is 0.153. The van der Waals surface area contributed by atoms with E-state index >= 15 is 0 Å². The summed E-state index contributed by atoms with van der Waals surface area (Å²) in [6, 6.07) is 22.0. The van der Waals surface area contributed by atoms with Crippen molar-refractivity contribution in [2.75, 3.05) is 51.4 Å². The second-order valence-corrected chi connectivity index (χ2v) is 11.1. The number of methoxy groups -OCH3 is 1. The van der Waals surface area contributed by atoms with Crippen LogP contribution in [0.1, 0.15) is 48.8 Å². The molecule has 3 atom stereocenters. The normalized spacial score (nSPS) is 20.4. The summed E-state index contributed by atoms with van der Waals surface area (Å²) in [6.07, 6.45) is 0.757. The number of nitrogens with zero attached hydrogens (tertiary/aromatic N) is 2. The largest absolute Gasteiger partial charge is 0.490 e. The molecule has 218 valence electrons. The van der Waals surface area contributed by atoms with Gasteiger partial charge in [0.2, 0.25) is 0 Å². The summed E-state index contributed by atoms with van der Waals surface area (Å²) in [5.41, 5.74) is 4.46. The SMILES string of the molecule is COCCCN1CCOc2ccc(CO[C@H]3CNC[C@@H](N=O)[C@@H]3c3ccc(Oc4ccc(C(C)C)cc4)cc3)cc21. The van der Waals surface area contributed by atoms with Gasteiger partial charge in [-0.05, 0) is 65.4 Å². The number of hydrogen-bond donors (Lipinski definition) is 1. The lowest BCUT2D eigenvalue weighted by Crippen LogP contribution is -2.48. The van der Waals surface area contributed by atoms with Gasteiger partial charge in [-0.15, -0.1) is 0 Å². The van der Waals surface area contributed by atoms with Crippen LogP contribution in [-0.4, -0.2) is 58.6 Å². The Morgan fingerprint density at radius 2 is 1.78 bits per heavy atom. The van der Waals surface area contributed by atoms with Gasteiger partial charge in [0.25, 0.3) is 0 Å². The van der Waals surface area contributed by atoms with Gasteiger partial charge in [0.1, 0.15) is 29.9 Å². The monoisotopic (exact) mass is 559 g/mol. The number of nitroso groups, excluding NO2 is 1. The predicted octanol–water partition coefficient (Wildman–Crippen LogP) is 6.24. The Bertz CT molecular complexity index is 1260. The van der Waals surface area contributed by atoms with Gasteiger partial charge in [-0.2, -0.15) is 4.91 Å². The first kappa shape index (κ1) is 29.0. The summed E-state index contributed by atoms with van der Waals surface area (Å²) in [5.74, 6) is 2.77. The Morgan fingerprint density at radius 1 is 1.02 bits per heavy atom. The van der Waals surface area contributed by atoms with Crippen molar-refractivity contribution in [1.29, 1.82) is 0 Å². The van der Waals surface area contributed by atoms with Crippen LogP contribution in [0, 0.1) is 4.91 Å². The third-order valence-electron chi connectivity index (χ3n) is 7.92. The summed E-state index contributed by atoms with van der Waals surface area (Å²) in [6.45, 7) is 9.14. The van der Waals surface area contributed by atoms with Crippen molar-refractivity contribution in [1.82, 2.24) is 5.32 Å². The van der Waals surface area contributed by atoms with Crippen LogP contribution in [0.4, 0.5) is 5.69 Å². The van der Waals surface area contributed by atoms with E-state index in [1.54, 1.807) is 7.11 Å². The van der Waals surface area contributed by atoms with E-state index in [0.29, 0.717) is 32.2 Å². The molecule has 0 radical (unpaired) electrons. The van der Waals surface area contributed by atoms with E-state index in [9.17, 15) is 4.91 Å². The van der Waals surface area contributed by atoms with Crippen LogP contribution < -0.4 is 19.7 Å². The summed E-state index contributed by atoms with van der Waals surface area (Å²) >= 11 is 0. The van der Waals surface area contributed by atoms with Gasteiger partial charge in [0.05, 0.1) is 24.9 Å². The molecule has 3 aromatic carbocycles. The molecule has 0 unspecified atom stereocenters. The lowest BCUT2D eigenvalue weighted by molar-refractivity contribution is 0.00539. The molecule has 2 aliphatic rings. The van der Waals surface area contributed by atoms with Crippen LogP contribution in [0.3, 0.4) is 0 Å². The van der Waals surface area contributed by atoms with Gasteiger partial charge in [0.15, 0.2) is 0 Å². The topological polar surface area (TPSA) is 81.6 Å². The second-order valence-electron chi connectivity index (χ2n) is 11.1. The highest BCUT2D eigenvalue weighted by molar-refractivity contribution is 5.61. The van der Waals surface area contributed by atoms with Crippen molar-refractivity contribution < 1.29 is 18.9 Å². The third-order valence-corrected chi connectivity index (χ3v) is 7.92. The van der Waals surface area contributed by atoms with Crippen molar-refractivity contribution in [3.8, 4) is 17.2 Å². The fourth-order valence-electron chi connectivity index (χ4n) is 5.64. The second kappa shape index (κ2) is 13.9. The van der Waals surface area contributed by atoms with Gasteiger partial charge in [-0.25, -0.2) is 0 Å². The maximum atomic E-state index is 11.9. The summed E-state index contributed by atoms with van der Waals surface area (Å²) < 4.78 is 23.7. The molecule has 1 N–H and O–H groups in total. The van der Waals surface area contributed by atoms with E-state index in [1.807, 2.05) is 42.5 Å². The molecule has 3 aromatic rings. The zero-order valence-corrected chi connectivity index (χ0v) is 24.3. The molecule has 2 aliphatic heterocycles. The molecule has 8 heteroatoms. The average Bonchev–Trinajstić information content (AvgIpc) is 3.00. The number of piperidine rings is 1. The van der Waals surface area contributed by atoms with Gasteiger partial charge in [-0.1, -0.05) is 49.4 Å². The van der Waals surface area contributed by atoms with Crippen molar-refractivity contribution in [3.63, 3.8) is 0 Å². The number of hydrogen-bond acceptors (Lipinski definition) is 8. The number of ether oxygens (including phenoxy) is 4. The van der Waals surface area contributed by atoms with Gasteiger partial charge in [0, 0.05) is 39.3 Å². The number of rotatable bonds is 12. The molecule has 0 spiro atoms. The molecule has 0 amide bonds. The van der Waals surface area contributed by atoms with Crippen LogP contribution in [-0.2, 0) is 16.1 Å². The highest BCUT2D eigenvalue weighted by Crippen LogP contribution is 2.35. The maximum Gasteiger partial charge on any atom is 0.142 e. The molecule has 1 fully saturated rings. The maximum absolute atomic E-state index is 11.9. The number of benzene rings is 3. The number of anilines is 1. The van der Waals surface area contributed by atoms with Crippen LogP contribution in [0.15, 0.2) is 71.9 Å².